The van der Waals surface area contributed by atoms with Gasteiger partial charge >= 0.3 is 12.1 Å². The average Bonchev–Trinajstić information content (AvgIpc) is 2.86. The number of hydrogen-bond donors (Lipinski definition) is 3. The Kier molecular flexibility index (Phi) is 5.62. The fourth-order valence-electron chi connectivity index (χ4n) is 3.92. The zero-order valence-electron chi connectivity index (χ0n) is 18.0. The normalized spacial score (nSPS) is 18.8. The van der Waals surface area contributed by atoms with Gasteiger partial charge in [0.15, 0.2) is 0 Å². The lowest BCUT2D eigenvalue weighted by Gasteiger charge is -2.39. The summed E-state index contributed by atoms with van der Waals surface area (Å²) in [5.74, 6) is -5.45. The Bertz CT molecular complexity index is 1040. The number of carboxylic acids is 1. The third kappa shape index (κ3) is 4.72. The van der Waals surface area contributed by atoms with Crippen molar-refractivity contribution < 1.29 is 32.6 Å². The van der Waals surface area contributed by atoms with E-state index in [1.807, 2.05) is 0 Å². The number of H-pyrrole nitrogens is 1. The van der Waals surface area contributed by atoms with E-state index in [-0.39, 0.29) is 28.7 Å². The number of nitrogens with zero attached hydrogens (tertiary/aromatic N) is 1. The molecule has 3 N–H and O–H groups in total. The lowest BCUT2D eigenvalue weighted by molar-refractivity contribution is -0.0230. The molecule has 2 aromatic rings. The number of halogens is 3. The second-order valence-corrected chi connectivity index (χ2v) is 8.97. The number of carboxylic acid groups (broad SMARTS) is 1. The summed E-state index contributed by atoms with van der Waals surface area (Å²) in [7, 11) is 0. The summed E-state index contributed by atoms with van der Waals surface area (Å²) in [5.41, 5.74) is 0.154. The van der Waals surface area contributed by atoms with Crippen molar-refractivity contribution in [1.82, 2.24) is 10.3 Å². The molecule has 0 spiro atoms. The molecule has 10 heteroatoms. The van der Waals surface area contributed by atoms with Gasteiger partial charge in [0.05, 0.1) is 29.4 Å². The number of benzene rings is 1. The molecule has 1 fully saturated rings. The lowest BCUT2D eigenvalue weighted by Crippen LogP contribution is -2.56. The predicted molar refractivity (Wildman–Crippen MR) is 110 cm³/mol. The molecular formula is C21H26F3N3O4. The van der Waals surface area contributed by atoms with E-state index in [9.17, 15) is 23.5 Å². The van der Waals surface area contributed by atoms with Crippen molar-refractivity contribution in [2.45, 2.75) is 58.6 Å². The molecule has 7 nitrogen and oxygen atoms in total. The third-order valence-electron chi connectivity index (χ3n) is 5.18. The highest BCUT2D eigenvalue weighted by molar-refractivity contribution is 6.08. The summed E-state index contributed by atoms with van der Waals surface area (Å²) in [6.45, 7) is 7.48. The maximum atomic E-state index is 15.1. The molecule has 0 bridgehead atoms. The highest BCUT2D eigenvalue weighted by atomic mass is 19.3. The van der Waals surface area contributed by atoms with Crippen LogP contribution in [0.2, 0.25) is 0 Å². The van der Waals surface area contributed by atoms with Crippen molar-refractivity contribution in [2.75, 3.05) is 18.0 Å². The zero-order chi connectivity index (χ0) is 23.3. The summed E-state index contributed by atoms with van der Waals surface area (Å²) >= 11 is 0. The molecule has 1 saturated heterocycles. The van der Waals surface area contributed by atoms with Gasteiger partial charge in [0.2, 0.25) is 0 Å². The molecule has 0 saturated carbocycles. The molecule has 31 heavy (non-hydrogen) atoms. The number of fused-ring (bicyclic) bond motifs is 1. The van der Waals surface area contributed by atoms with E-state index < -0.39 is 48.4 Å². The quantitative estimate of drug-likeness (QED) is 0.658. The summed E-state index contributed by atoms with van der Waals surface area (Å²) in [4.78, 5) is 27.8. The topological polar surface area (TPSA) is 94.7 Å². The van der Waals surface area contributed by atoms with Gasteiger partial charge in [-0.25, -0.2) is 22.8 Å². The van der Waals surface area contributed by atoms with E-state index in [1.165, 1.54) is 0 Å². The van der Waals surface area contributed by atoms with Crippen LogP contribution in [-0.2, 0) is 4.74 Å². The molecule has 3 rings (SSSR count). The van der Waals surface area contributed by atoms with Gasteiger partial charge in [-0.2, -0.15) is 0 Å². The minimum Gasteiger partial charge on any atom is -0.478 e. The first-order valence-corrected chi connectivity index (χ1v) is 9.85. The van der Waals surface area contributed by atoms with Crippen LogP contribution < -0.4 is 10.2 Å². The Morgan fingerprint density at radius 1 is 1.32 bits per heavy atom. The number of anilines is 1. The van der Waals surface area contributed by atoms with E-state index in [0.717, 1.165) is 11.0 Å². The minimum atomic E-state index is -3.21. The van der Waals surface area contributed by atoms with Crippen molar-refractivity contribution in [2.24, 2.45) is 0 Å². The summed E-state index contributed by atoms with van der Waals surface area (Å²) in [6.07, 6.45) is -1.46. The number of aromatic carboxylic acids is 1. The number of aromatic nitrogens is 1. The second-order valence-electron chi connectivity index (χ2n) is 8.97. The Hall–Kier alpha value is -2.91. The Morgan fingerprint density at radius 3 is 2.55 bits per heavy atom. The molecule has 1 aromatic heterocycles. The summed E-state index contributed by atoms with van der Waals surface area (Å²) in [5, 5.41) is 12.1. The molecule has 1 amide bonds. The van der Waals surface area contributed by atoms with E-state index in [2.05, 4.69) is 10.3 Å². The number of amides is 1. The second kappa shape index (κ2) is 7.65. The molecule has 1 unspecified atom stereocenters. The maximum absolute atomic E-state index is 15.1. The number of rotatable bonds is 3. The van der Waals surface area contributed by atoms with Gasteiger partial charge in [0.25, 0.3) is 5.92 Å². The van der Waals surface area contributed by atoms with Gasteiger partial charge in [-0.3, -0.25) is 0 Å². The first kappa shape index (κ1) is 22.8. The molecule has 170 valence electrons. The van der Waals surface area contributed by atoms with Crippen LogP contribution in [0.1, 0.15) is 48.8 Å². The number of hydrogen-bond acceptors (Lipinski definition) is 4. The first-order valence-electron chi connectivity index (χ1n) is 9.85. The number of aromatic amines is 1. The third-order valence-corrected chi connectivity index (χ3v) is 5.18. The summed E-state index contributed by atoms with van der Waals surface area (Å²) < 4.78 is 49.4. The zero-order valence-corrected chi connectivity index (χ0v) is 18.0. The van der Waals surface area contributed by atoms with E-state index in [1.54, 1.807) is 34.6 Å². The monoisotopic (exact) mass is 441 g/mol. The van der Waals surface area contributed by atoms with Crippen LogP contribution >= 0.6 is 0 Å². The van der Waals surface area contributed by atoms with Crippen LogP contribution in [0.4, 0.5) is 23.7 Å². The molecule has 0 radical (unpaired) electrons. The average molecular weight is 441 g/mol. The number of aryl methyl sites for hydroxylation is 2. The fraction of sp³-hybridized carbons (Fsp3) is 0.524. The Labute approximate surface area is 177 Å². The van der Waals surface area contributed by atoms with Gasteiger partial charge in [0.1, 0.15) is 11.4 Å². The van der Waals surface area contributed by atoms with E-state index in [0.29, 0.717) is 11.3 Å². The highest BCUT2D eigenvalue weighted by Gasteiger charge is 2.43. The molecule has 1 atom stereocenters. The Morgan fingerprint density at radius 2 is 1.97 bits per heavy atom. The van der Waals surface area contributed by atoms with Crippen LogP contribution in [0.15, 0.2) is 6.07 Å². The molecule has 0 aliphatic carbocycles. The van der Waals surface area contributed by atoms with Crippen LogP contribution in [0, 0.1) is 19.7 Å². The van der Waals surface area contributed by atoms with Crippen LogP contribution in [0.5, 0.6) is 0 Å². The number of piperidine rings is 1. The molecular weight excluding hydrogens is 415 g/mol. The van der Waals surface area contributed by atoms with Gasteiger partial charge < -0.3 is 25.0 Å². The molecule has 1 aromatic carbocycles. The van der Waals surface area contributed by atoms with E-state index >= 15 is 4.39 Å². The first-order chi connectivity index (χ1) is 14.2. The molecule has 1 aliphatic rings. The number of carbonyl (C=O) groups is 2. The molecule has 2 heterocycles. The van der Waals surface area contributed by atoms with E-state index in [4.69, 9.17) is 4.74 Å². The molecule has 1 aliphatic heterocycles. The number of ether oxygens (including phenoxy) is 1. The SMILES string of the molecule is Cc1[nH]c2c(C(=O)O)cc(F)c(N3CC(NC(=O)OC(C)(C)C)CC(F)(F)C3)c2c1C. The lowest BCUT2D eigenvalue weighted by atomic mass is 9.98. The highest BCUT2D eigenvalue weighted by Crippen LogP contribution is 2.39. The number of alkyl halides is 2. The van der Waals surface area contributed by atoms with Crippen LogP contribution in [0.25, 0.3) is 10.9 Å². The van der Waals surface area contributed by atoms with Gasteiger partial charge in [-0.15, -0.1) is 0 Å². The number of nitrogens with one attached hydrogen (secondary N) is 2. The predicted octanol–water partition coefficient (Wildman–Crippen LogP) is 4.36. The number of carbonyl (C=O) groups excluding carboxylic acids is 1. The summed E-state index contributed by atoms with van der Waals surface area (Å²) in [6, 6.07) is -0.161. The number of alkyl carbamates (subject to hydrolysis) is 1. The van der Waals surface area contributed by atoms with Crippen molar-refractivity contribution in [3.63, 3.8) is 0 Å². The smallest absolute Gasteiger partial charge is 0.407 e. The standard InChI is InChI=1S/C21H26F3N3O4/c1-10-11(2)25-16-13(18(28)29)6-14(22)17(15(10)16)27-8-12(7-21(23,24)9-27)26-19(30)31-20(3,4)5/h6,12,25H,7-9H2,1-5H3,(H,26,30)(H,28,29). The van der Waals surface area contributed by atoms with Gasteiger partial charge in [-0.05, 0) is 46.2 Å². The fourth-order valence-corrected chi connectivity index (χ4v) is 3.92. The van der Waals surface area contributed by atoms with Gasteiger partial charge in [0, 0.05) is 24.0 Å². The largest absolute Gasteiger partial charge is 0.478 e. The van der Waals surface area contributed by atoms with Crippen molar-refractivity contribution >= 4 is 28.7 Å². The van der Waals surface area contributed by atoms with Crippen molar-refractivity contribution in [3.05, 3.63) is 28.7 Å². The van der Waals surface area contributed by atoms with Crippen molar-refractivity contribution in [3.8, 4) is 0 Å². The minimum absolute atomic E-state index is 0.0864. The van der Waals surface area contributed by atoms with Gasteiger partial charge in [-0.1, -0.05) is 0 Å². The van der Waals surface area contributed by atoms with Crippen molar-refractivity contribution in [1.29, 1.82) is 0 Å². The van der Waals surface area contributed by atoms with Crippen LogP contribution in [-0.4, -0.2) is 52.8 Å². The Balaban J connectivity index is 2.03. The maximum Gasteiger partial charge on any atom is 0.407 e. The van der Waals surface area contributed by atoms with Crippen LogP contribution in [0.3, 0.4) is 0 Å².